The van der Waals surface area contributed by atoms with E-state index in [2.05, 4.69) is 14.4 Å². The topological polar surface area (TPSA) is 85.4 Å². The van der Waals surface area contributed by atoms with Crippen molar-refractivity contribution in [2.75, 3.05) is 11.8 Å². The molecule has 0 aromatic carbocycles. The van der Waals surface area contributed by atoms with Crippen LogP contribution in [0.4, 0.5) is 5.69 Å². The van der Waals surface area contributed by atoms with Crippen LogP contribution in [0.3, 0.4) is 0 Å². The summed E-state index contributed by atoms with van der Waals surface area (Å²) in [5, 5.41) is -0.494. The van der Waals surface area contributed by atoms with Crippen LogP contribution in [0.5, 0.6) is 0 Å². The average Bonchev–Trinajstić information content (AvgIpc) is 2.90. The molecular weight excluding hydrogens is 304 g/mol. The van der Waals surface area contributed by atoms with Crippen LogP contribution >= 0.6 is 11.6 Å². The lowest BCUT2D eigenvalue weighted by Gasteiger charge is -2.18. The van der Waals surface area contributed by atoms with E-state index in [1.807, 2.05) is 0 Å². The molecule has 0 spiro atoms. The van der Waals surface area contributed by atoms with Crippen LogP contribution in [0, 0.1) is 5.92 Å². The fourth-order valence-corrected chi connectivity index (χ4v) is 4.26. The van der Waals surface area contributed by atoms with Gasteiger partial charge in [-0.2, -0.15) is 0 Å². The summed E-state index contributed by atoms with van der Waals surface area (Å²) in [6.07, 6.45) is 2.99. The summed E-state index contributed by atoms with van der Waals surface area (Å²) in [7, 11) is -2.40. The summed E-state index contributed by atoms with van der Waals surface area (Å²) in [5.74, 6) is -1.09. The SMILES string of the molecule is COC(=O)C1CCCC1S(=O)(=O)Nc1ccc(Cl)nc1. The van der Waals surface area contributed by atoms with Gasteiger partial charge in [0.05, 0.1) is 30.2 Å². The molecule has 6 nitrogen and oxygen atoms in total. The number of pyridine rings is 1. The number of methoxy groups -OCH3 is 1. The van der Waals surface area contributed by atoms with Crippen molar-refractivity contribution in [2.24, 2.45) is 5.92 Å². The first-order valence-electron chi connectivity index (χ1n) is 6.15. The Bertz CT molecular complexity index is 588. The Morgan fingerprint density at radius 1 is 1.45 bits per heavy atom. The number of nitrogens with one attached hydrogen (secondary N) is 1. The lowest BCUT2D eigenvalue weighted by Crippen LogP contribution is -2.35. The van der Waals surface area contributed by atoms with Crippen LogP contribution in [0.1, 0.15) is 19.3 Å². The molecule has 1 aliphatic rings. The van der Waals surface area contributed by atoms with E-state index in [-0.39, 0.29) is 5.15 Å². The normalized spacial score (nSPS) is 22.5. The van der Waals surface area contributed by atoms with Gasteiger partial charge in [-0.05, 0) is 25.0 Å². The zero-order valence-corrected chi connectivity index (χ0v) is 12.4. The number of aromatic nitrogens is 1. The highest BCUT2D eigenvalue weighted by Crippen LogP contribution is 2.32. The van der Waals surface area contributed by atoms with E-state index in [0.717, 1.165) is 0 Å². The molecule has 0 bridgehead atoms. The third-order valence-electron chi connectivity index (χ3n) is 3.34. The van der Waals surface area contributed by atoms with Gasteiger partial charge in [0, 0.05) is 0 Å². The van der Waals surface area contributed by atoms with Crippen LogP contribution in [-0.2, 0) is 19.6 Å². The van der Waals surface area contributed by atoms with Crippen molar-refractivity contribution in [2.45, 2.75) is 24.5 Å². The highest BCUT2D eigenvalue weighted by Gasteiger charge is 2.42. The maximum Gasteiger partial charge on any atom is 0.310 e. The lowest BCUT2D eigenvalue weighted by atomic mass is 10.1. The summed E-state index contributed by atoms with van der Waals surface area (Å²) < 4.78 is 31.8. The molecule has 0 saturated heterocycles. The number of nitrogens with zero attached hydrogens (tertiary/aromatic N) is 1. The highest BCUT2D eigenvalue weighted by molar-refractivity contribution is 7.93. The molecule has 20 heavy (non-hydrogen) atoms. The monoisotopic (exact) mass is 318 g/mol. The van der Waals surface area contributed by atoms with E-state index in [0.29, 0.717) is 24.9 Å². The molecule has 8 heteroatoms. The second kappa shape index (κ2) is 5.97. The first-order valence-corrected chi connectivity index (χ1v) is 8.07. The number of rotatable bonds is 4. The van der Waals surface area contributed by atoms with Crippen LogP contribution in [-0.4, -0.2) is 31.7 Å². The van der Waals surface area contributed by atoms with E-state index in [1.54, 1.807) is 0 Å². The summed E-state index contributed by atoms with van der Waals surface area (Å²) in [6, 6.07) is 3.01. The minimum atomic E-state index is -3.66. The van der Waals surface area contributed by atoms with Crippen molar-refractivity contribution in [1.29, 1.82) is 0 Å². The van der Waals surface area contributed by atoms with Gasteiger partial charge in [0.25, 0.3) is 0 Å². The number of hydrogen-bond donors (Lipinski definition) is 1. The Kier molecular flexibility index (Phi) is 4.49. The Balaban J connectivity index is 2.17. The minimum Gasteiger partial charge on any atom is -0.469 e. The van der Waals surface area contributed by atoms with Crippen molar-refractivity contribution in [1.82, 2.24) is 4.98 Å². The standard InChI is InChI=1S/C12H15ClN2O4S/c1-19-12(16)9-3-2-4-10(9)20(17,18)15-8-5-6-11(13)14-7-8/h5-7,9-10,15H,2-4H2,1H3. The lowest BCUT2D eigenvalue weighted by molar-refractivity contribution is -0.145. The molecule has 1 aromatic heterocycles. The molecule has 1 saturated carbocycles. The molecule has 1 N–H and O–H groups in total. The maximum atomic E-state index is 12.3. The first kappa shape index (κ1) is 15.1. The number of anilines is 1. The van der Waals surface area contributed by atoms with Gasteiger partial charge in [-0.1, -0.05) is 18.0 Å². The molecule has 2 atom stereocenters. The zero-order valence-electron chi connectivity index (χ0n) is 10.9. The van der Waals surface area contributed by atoms with Gasteiger partial charge in [0.2, 0.25) is 10.0 Å². The summed E-state index contributed by atoms with van der Waals surface area (Å²) in [4.78, 5) is 15.4. The number of carbonyl (C=O) groups is 1. The number of hydrogen-bond acceptors (Lipinski definition) is 5. The molecule has 0 amide bonds. The fourth-order valence-electron chi connectivity index (χ4n) is 2.39. The molecule has 0 radical (unpaired) electrons. The van der Waals surface area contributed by atoms with E-state index >= 15 is 0 Å². The van der Waals surface area contributed by atoms with Crippen LogP contribution in [0.15, 0.2) is 18.3 Å². The fraction of sp³-hybridized carbons (Fsp3) is 0.500. The molecule has 110 valence electrons. The average molecular weight is 319 g/mol. The highest BCUT2D eigenvalue weighted by atomic mass is 35.5. The molecular formula is C12H15ClN2O4S. The Morgan fingerprint density at radius 3 is 2.80 bits per heavy atom. The maximum absolute atomic E-state index is 12.3. The molecule has 1 fully saturated rings. The first-order chi connectivity index (χ1) is 9.44. The van der Waals surface area contributed by atoms with Crippen LogP contribution in [0.25, 0.3) is 0 Å². The smallest absolute Gasteiger partial charge is 0.310 e. The summed E-state index contributed by atoms with van der Waals surface area (Å²) in [6.45, 7) is 0. The number of carbonyl (C=O) groups excluding carboxylic acids is 1. The van der Waals surface area contributed by atoms with Gasteiger partial charge < -0.3 is 4.74 Å². The Hall–Kier alpha value is -1.34. The van der Waals surface area contributed by atoms with Crippen molar-refractivity contribution in [3.8, 4) is 0 Å². The van der Waals surface area contributed by atoms with Gasteiger partial charge in [-0.15, -0.1) is 0 Å². The van der Waals surface area contributed by atoms with Gasteiger partial charge in [-0.25, -0.2) is 13.4 Å². The van der Waals surface area contributed by atoms with E-state index in [9.17, 15) is 13.2 Å². The van der Waals surface area contributed by atoms with Crippen molar-refractivity contribution in [3.05, 3.63) is 23.5 Å². The van der Waals surface area contributed by atoms with Crippen LogP contribution < -0.4 is 4.72 Å². The molecule has 0 aliphatic heterocycles. The van der Waals surface area contributed by atoms with Gasteiger partial charge >= 0.3 is 5.97 Å². The van der Waals surface area contributed by atoms with Crippen LogP contribution in [0.2, 0.25) is 5.15 Å². The number of ether oxygens (including phenoxy) is 1. The van der Waals surface area contributed by atoms with Crippen molar-refractivity contribution in [3.63, 3.8) is 0 Å². The predicted molar refractivity (Wildman–Crippen MR) is 74.9 cm³/mol. The quantitative estimate of drug-likeness (QED) is 0.676. The third kappa shape index (κ3) is 3.21. The largest absolute Gasteiger partial charge is 0.469 e. The number of sulfonamides is 1. The minimum absolute atomic E-state index is 0.279. The number of halogens is 1. The van der Waals surface area contributed by atoms with E-state index in [1.165, 1.54) is 25.4 Å². The van der Waals surface area contributed by atoms with E-state index < -0.39 is 27.2 Å². The predicted octanol–water partition coefficient (Wildman–Crippen LogP) is 1.82. The second-order valence-electron chi connectivity index (χ2n) is 4.62. The Labute approximate surface area is 122 Å². The van der Waals surface area contributed by atoms with E-state index in [4.69, 9.17) is 11.6 Å². The molecule has 2 rings (SSSR count). The zero-order chi connectivity index (χ0) is 14.8. The number of esters is 1. The molecule has 1 heterocycles. The molecule has 1 aliphatic carbocycles. The summed E-state index contributed by atoms with van der Waals surface area (Å²) in [5.41, 5.74) is 0.324. The van der Waals surface area contributed by atoms with Gasteiger partial charge in [0.1, 0.15) is 5.15 Å². The Morgan fingerprint density at radius 2 is 2.20 bits per heavy atom. The van der Waals surface area contributed by atoms with Crippen molar-refractivity contribution < 1.29 is 17.9 Å². The third-order valence-corrected chi connectivity index (χ3v) is 5.45. The van der Waals surface area contributed by atoms with Crippen molar-refractivity contribution >= 4 is 33.3 Å². The summed E-state index contributed by atoms with van der Waals surface area (Å²) >= 11 is 5.64. The molecule has 1 aromatic rings. The molecule has 2 unspecified atom stereocenters. The second-order valence-corrected chi connectivity index (χ2v) is 6.90. The van der Waals surface area contributed by atoms with Gasteiger partial charge in [0.15, 0.2) is 0 Å². The van der Waals surface area contributed by atoms with Gasteiger partial charge in [-0.3, -0.25) is 9.52 Å².